The van der Waals surface area contributed by atoms with Gasteiger partial charge in [0.25, 0.3) is 5.91 Å². The third-order valence-electron chi connectivity index (χ3n) is 5.15. The van der Waals surface area contributed by atoms with Gasteiger partial charge in [-0.15, -0.1) is 0 Å². The molecule has 160 valence electrons. The quantitative estimate of drug-likeness (QED) is 0.634. The normalized spacial score (nSPS) is 14.3. The van der Waals surface area contributed by atoms with Crippen molar-refractivity contribution in [3.05, 3.63) is 59.6 Å². The molecule has 0 saturated carbocycles. The number of carbonyl (C=O) groups is 1. The van der Waals surface area contributed by atoms with Gasteiger partial charge in [0.15, 0.2) is 11.5 Å². The van der Waals surface area contributed by atoms with Crippen LogP contribution in [-0.4, -0.2) is 57.2 Å². The van der Waals surface area contributed by atoms with Crippen molar-refractivity contribution >= 4 is 28.9 Å². The number of rotatable bonds is 8. The Morgan fingerprint density at radius 1 is 1.17 bits per heavy atom. The van der Waals surface area contributed by atoms with E-state index in [4.69, 9.17) is 21.1 Å². The van der Waals surface area contributed by atoms with E-state index in [0.717, 1.165) is 38.4 Å². The number of piperazine rings is 1. The van der Waals surface area contributed by atoms with Crippen molar-refractivity contribution in [1.82, 2.24) is 4.90 Å². The number of nitrogens with zero attached hydrogens (tertiary/aromatic N) is 2. The lowest BCUT2D eigenvalue weighted by Crippen LogP contribution is -2.46. The Bertz CT molecular complexity index is 895. The highest BCUT2D eigenvalue weighted by Gasteiger charge is 2.20. The molecule has 1 saturated heterocycles. The van der Waals surface area contributed by atoms with E-state index in [1.807, 2.05) is 12.1 Å². The van der Waals surface area contributed by atoms with Crippen LogP contribution in [0.2, 0.25) is 5.02 Å². The second-order valence-corrected chi connectivity index (χ2v) is 7.44. The van der Waals surface area contributed by atoms with Crippen LogP contribution in [0.1, 0.15) is 17.3 Å². The standard InChI is InChI=1S/C23H28ClN3O3/c1-4-14-30-21-9-6-17(15-22(21)29-3)23(28)25-19-16-18(24)7-8-20(19)27-12-10-26(5-2)11-13-27/h4,6-9,15-16H,1,5,10-14H2,2-3H3,(H,25,28). The van der Waals surface area contributed by atoms with Crippen LogP contribution >= 0.6 is 11.6 Å². The molecule has 3 rings (SSSR count). The van der Waals surface area contributed by atoms with Crippen molar-refractivity contribution in [2.24, 2.45) is 0 Å². The van der Waals surface area contributed by atoms with E-state index in [0.29, 0.717) is 34.4 Å². The number of ether oxygens (including phenoxy) is 2. The second kappa shape index (κ2) is 10.4. The van der Waals surface area contributed by atoms with E-state index in [1.54, 1.807) is 37.5 Å². The SMILES string of the molecule is C=CCOc1ccc(C(=O)Nc2cc(Cl)ccc2N2CCN(CC)CC2)cc1OC. The Labute approximate surface area is 183 Å². The fourth-order valence-corrected chi connectivity index (χ4v) is 3.63. The first-order valence-corrected chi connectivity index (χ1v) is 10.4. The van der Waals surface area contributed by atoms with Gasteiger partial charge in [0.05, 0.1) is 18.5 Å². The number of hydrogen-bond donors (Lipinski definition) is 1. The van der Waals surface area contributed by atoms with Crippen molar-refractivity contribution < 1.29 is 14.3 Å². The molecule has 1 amide bonds. The molecule has 0 radical (unpaired) electrons. The van der Waals surface area contributed by atoms with Crippen LogP contribution in [0.5, 0.6) is 11.5 Å². The topological polar surface area (TPSA) is 54.0 Å². The lowest BCUT2D eigenvalue weighted by atomic mass is 10.1. The van der Waals surface area contributed by atoms with Gasteiger partial charge in [-0.25, -0.2) is 0 Å². The van der Waals surface area contributed by atoms with Crippen LogP contribution in [0.4, 0.5) is 11.4 Å². The molecule has 0 aromatic heterocycles. The molecule has 1 N–H and O–H groups in total. The molecule has 1 aliphatic rings. The Morgan fingerprint density at radius 3 is 2.60 bits per heavy atom. The van der Waals surface area contributed by atoms with Gasteiger partial charge < -0.3 is 24.6 Å². The van der Waals surface area contributed by atoms with Gasteiger partial charge in [-0.05, 0) is 42.9 Å². The number of hydrogen-bond acceptors (Lipinski definition) is 5. The summed E-state index contributed by atoms with van der Waals surface area (Å²) < 4.78 is 10.9. The zero-order valence-electron chi connectivity index (χ0n) is 17.5. The molecule has 0 spiro atoms. The van der Waals surface area contributed by atoms with Crippen molar-refractivity contribution in [2.75, 3.05) is 56.7 Å². The Morgan fingerprint density at radius 2 is 1.93 bits per heavy atom. The van der Waals surface area contributed by atoms with Gasteiger partial charge in [-0.1, -0.05) is 31.2 Å². The predicted molar refractivity (Wildman–Crippen MR) is 122 cm³/mol. The number of amides is 1. The number of likely N-dealkylation sites (N-methyl/N-ethyl adjacent to an activating group) is 1. The first kappa shape index (κ1) is 22.0. The molecule has 30 heavy (non-hydrogen) atoms. The number of benzene rings is 2. The summed E-state index contributed by atoms with van der Waals surface area (Å²) in [5.41, 5.74) is 2.14. The molecule has 0 atom stereocenters. The molecule has 6 nitrogen and oxygen atoms in total. The zero-order valence-corrected chi connectivity index (χ0v) is 18.2. The largest absolute Gasteiger partial charge is 0.493 e. The molecule has 2 aromatic rings. The third kappa shape index (κ3) is 5.26. The third-order valence-corrected chi connectivity index (χ3v) is 5.38. The van der Waals surface area contributed by atoms with Crippen LogP contribution in [0, 0.1) is 0 Å². The van der Waals surface area contributed by atoms with Crippen molar-refractivity contribution in [3.63, 3.8) is 0 Å². The smallest absolute Gasteiger partial charge is 0.255 e. The van der Waals surface area contributed by atoms with Crippen LogP contribution < -0.4 is 19.7 Å². The van der Waals surface area contributed by atoms with Crippen LogP contribution in [0.25, 0.3) is 0 Å². The lowest BCUT2D eigenvalue weighted by molar-refractivity contribution is 0.102. The highest BCUT2D eigenvalue weighted by molar-refractivity contribution is 6.31. The number of halogens is 1. The molecule has 1 fully saturated rings. The second-order valence-electron chi connectivity index (χ2n) is 7.00. The summed E-state index contributed by atoms with van der Waals surface area (Å²) >= 11 is 6.23. The summed E-state index contributed by atoms with van der Waals surface area (Å²) in [6.07, 6.45) is 1.65. The minimum atomic E-state index is -0.237. The van der Waals surface area contributed by atoms with E-state index in [9.17, 15) is 4.79 Å². The first-order chi connectivity index (χ1) is 14.5. The fourth-order valence-electron chi connectivity index (χ4n) is 3.46. The molecule has 0 bridgehead atoms. The van der Waals surface area contributed by atoms with Gasteiger partial charge in [0.2, 0.25) is 0 Å². The maximum Gasteiger partial charge on any atom is 0.255 e. The van der Waals surface area contributed by atoms with Gasteiger partial charge in [-0.2, -0.15) is 0 Å². The molecule has 0 unspecified atom stereocenters. The van der Waals surface area contributed by atoms with Crippen molar-refractivity contribution in [1.29, 1.82) is 0 Å². The predicted octanol–water partition coefficient (Wildman–Crippen LogP) is 4.31. The lowest BCUT2D eigenvalue weighted by Gasteiger charge is -2.36. The summed E-state index contributed by atoms with van der Waals surface area (Å²) in [6.45, 7) is 11.0. The Hall–Kier alpha value is -2.70. The summed E-state index contributed by atoms with van der Waals surface area (Å²) in [6, 6.07) is 10.7. The summed E-state index contributed by atoms with van der Waals surface area (Å²) in [5.74, 6) is 0.817. The van der Waals surface area contributed by atoms with Crippen LogP contribution in [0.15, 0.2) is 49.1 Å². The van der Waals surface area contributed by atoms with E-state index in [1.165, 1.54) is 0 Å². The van der Waals surface area contributed by atoms with Crippen molar-refractivity contribution in [3.8, 4) is 11.5 Å². The molecule has 1 heterocycles. The van der Waals surface area contributed by atoms with Crippen LogP contribution in [-0.2, 0) is 0 Å². The zero-order chi connectivity index (χ0) is 21.5. The minimum Gasteiger partial charge on any atom is -0.493 e. The monoisotopic (exact) mass is 429 g/mol. The Balaban J connectivity index is 1.79. The van der Waals surface area contributed by atoms with Gasteiger partial charge in [0, 0.05) is 36.8 Å². The van der Waals surface area contributed by atoms with E-state index in [-0.39, 0.29) is 5.91 Å². The maximum absolute atomic E-state index is 13.0. The minimum absolute atomic E-state index is 0.237. The number of carbonyl (C=O) groups excluding carboxylic acids is 1. The highest BCUT2D eigenvalue weighted by Crippen LogP contribution is 2.32. The fraction of sp³-hybridized carbons (Fsp3) is 0.348. The molecule has 0 aliphatic carbocycles. The van der Waals surface area contributed by atoms with Gasteiger partial charge in [-0.3, -0.25) is 4.79 Å². The van der Waals surface area contributed by atoms with E-state index >= 15 is 0 Å². The van der Waals surface area contributed by atoms with Gasteiger partial charge in [0.1, 0.15) is 6.61 Å². The van der Waals surface area contributed by atoms with Crippen LogP contribution in [0.3, 0.4) is 0 Å². The average Bonchev–Trinajstić information content (AvgIpc) is 2.77. The molecule has 7 heteroatoms. The van der Waals surface area contributed by atoms with E-state index < -0.39 is 0 Å². The molecule has 2 aromatic carbocycles. The number of methoxy groups -OCH3 is 1. The average molecular weight is 430 g/mol. The summed E-state index contributed by atoms with van der Waals surface area (Å²) in [7, 11) is 1.54. The molecular weight excluding hydrogens is 402 g/mol. The summed E-state index contributed by atoms with van der Waals surface area (Å²) in [5, 5.41) is 3.59. The van der Waals surface area contributed by atoms with Gasteiger partial charge >= 0.3 is 0 Å². The number of anilines is 2. The van der Waals surface area contributed by atoms with Crippen molar-refractivity contribution in [2.45, 2.75) is 6.92 Å². The Kier molecular flexibility index (Phi) is 7.60. The molecule has 1 aliphatic heterocycles. The maximum atomic E-state index is 13.0. The first-order valence-electron chi connectivity index (χ1n) is 10.1. The molecular formula is C23H28ClN3O3. The summed E-state index contributed by atoms with van der Waals surface area (Å²) in [4.78, 5) is 17.7. The van der Waals surface area contributed by atoms with E-state index in [2.05, 4.69) is 28.6 Å². The highest BCUT2D eigenvalue weighted by atomic mass is 35.5. The number of nitrogens with one attached hydrogen (secondary N) is 1.